The Bertz CT molecular complexity index is 525. The second-order valence-electron chi connectivity index (χ2n) is 5.21. The van der Waals surface area contributed by atoms with Crippen LogP contribution >= 0.6 is 23.4 Å². The molecule has 1 aromatic rings. The summed E-state index contributed by atoms with van der Waals surface area (Å²) >= 11 is 7.12. The normalized spacial score (nSPS) is 14.1. The maximum absolute atomic E-state index is 11.7. The van der Waals surface area contributed by atoms with E-state index in [4.69, 9.17) is 16.3 Å². The molecular formula is C16H21ClN2O3S. The summed E-state index contributed by atoms with van der Waals surface area (Å²) in [6, 6.07) is 7.26. The van der Waals surface area contributed by atoms with Crippen molar-refractivity contribution in [3.05, 3.63) is 29.3 Å². The molecule has 1 aromatic carbocycles. The van der Waals surface area contributed by atoms with Crippen molar-refractivity contribution < 1.29 is 14.3 Å². The first kappa shape index (κ1) is 17.9. The smallest absolute Gasteiger partial charge is 0.281 e. The van der Waals surface area contributed by atoms with Crippen molar-refractivity contribution in [1.29, 1.82) is 0 Å². The summed E-state index contributed by atoms with van der Waals surface area (Å²) in [5.41, 5.74) is 0. The number of hydrogen-bond donors (Lipinski definition) is 1. The second-order valence-corrected chi connectivity index (χ2v) is 6.69. The number of hydrogen-bond acceptors (Lipinski definition) is 4. The van der Waals surface area contributed by atoms with Crippen molar-refractivity contribution in [3.63, 3.8) is 0 Å². The van der Waals surface area contributed by atoms with Gasteiger partial charge in [-0.15, -0.1) is 0 Å². The van der Waals surface area contributed by atoms with Gasteiger partial charge >= 0.3 is 0 Å². The van der Waals surface area contributed by atoms with Gasteiger partial charge < -0.3 is 15.0 Å². The quantitative estimate of drug-likeness (QED) is 0.690. The Morgan fingerprint density at radius 2 is 2.09 bits per heavy atom. The lowest BCUT2D eigenvalue weighted by atomic mass is 10.3. The molecule has 2 rings (SSSR count). The average molecular weight is 357 g/mol. The zero-order chi connectivity index (χ0) is 16.5. The van der Waals surface area contributed by atoms with Gasteiger partial charge in [-0.05, 0) is 37.1 Å². The average Bonchev–Trinajstić information content (AvgIpc) is 2.95. The van der Waals surface area contributed by atoms with E-state index >= 15 is 0 Å². The van der Waals surface area contributed by atoms with Crippen LogP contribution in [0.1, 0.15) is 19.3 Å². The lowest BCUT2D eigenvalue weighted by Crippen LogP contribution is -2.31. The first-order chi connectivity index (χ1) is 11.1. The molecule has 1 fully saturated rings. The molecule has 0 saturated carbocycles. The third kappa shape index (κ3) is 6.71. The molecule has 0 bridgehead atoms. The van der Waals surface area contributed by atoms with Crippen LogP contribution in [0, 0.1) is 0 Å². The Labute approximate surface area is 145 Å². The van der Waals surface area contributed by atoms with E-state index in [1.165, 1.54) is 11.8 Å². The monoisotopic (exact) mass is 356 g/mol. The summed E-state index contributed by atoms with van der Waals surface area (Å²) in [6.07, 6.45) is 2.09. The minimum Gasteiger partial charge on any atom is -0.494 e. The van der Waals surface area contributed by atoms with E-state index < -0.39 is 0 Å². The van der Waals surface area contributed by atoms with Crippen molar-refractivity contribution >= 4 is 34.5 Å². The first-order valence-electron chi connectivity index (χ1n) is 7.72. The number of nitrogens with one attached hydrogen (secondary N) is 1. The van der Waals surface area contributed by atoms with Crippen LogP contribution in [0.2, 0.25) is 5.02 Å². The van der Waals surface area contributed by atoms with E-state index in [2.05, 4.69) is 5.32 Å². The van der Waals surface area contributed by atoms with Crippen LogP contribution in [0.5, 0.6) is 5.75 Å². The van der Waals surface area contributed by atoms with Gasteiger partial charge in [0.15, 0.2) is 0 Å². The number of ether oxygens (including phenoxy) is 1. The first-order valence-corrected chi connectivity index (χ1v) is 9.08. The molecule has 0 atom stereocenters. The fourth-order valence-electron chi connectivity index (χ4n) is 2.13. The van der Waals surface area contributed by atoms with Gasteiger partial charge in [0.25, 0.3) is 5.24 Å². The molecule has 1 aliphatic rings. The zero-order valence-corrected chi connectivity index (χ0v) is 14.5. The number of benzene rings is 1. The van der Waals surface area contributed by atoms with Gasteiger partial charge in [-0.3, -0.25) is 9.59 Å². The number of carbonyl (C=O) groups excluding carboxylic acids is 2. The lowest BCUT2D eigenvalue weighted by Gasteiger charge is -2.13. The molecule has 1 N–H and O–H groups in total. The van der Waals surface area contributed by atoms with Gasteiger partial charge in [0.2, 0.25) is 5.91 Å². The molecule has 0 aromatic heterocycles. The van der Waals surface area contributed by atoms with Gasteiger partial charge in [-0.25, -0.2) is 0 Å². The van der Waals surface area contributed by atoms with E-state index in [1.807, 2.05) is 12.1 Å². The van der Waals surface area contributed by atoms with E-state index in [1.54, 1.807) is 17.0 Å². The van der Waals surface area contributed by atoms with Crippen molar-refractivity contribution in [2.45, 2.75) is 19.3 Å². The molecular weight excluding hydrogens is 336 g/mol. The van der Waals surface area contributed by atoms with Crippen molar-refractivity contribution in [2.75, 3.05) is 32.0 Å². The fourth-order valence-corrected chi connectivity index (χ4v) is 3.11. The Kier molecular flexibility index (Phi) is 7.55. The van der Waals surface area contributed by atoms with E-state index in [-0.39, 0.29) is 11.1 Å². The lowest BCUT2D eigenvalue weighted by molar-refractivity contribution is -0.121. The third-order valence-corrected chi connectivity index (χ3v) is 4.57. The Hall–Kier alpha value is -1.40. The highest BCUT2D eigenvalue weighted by Crippen LogP contribution is 2.17. The molecule has 1 saturated heterocycles. The number of nitrogens with zero attached hydrogens (tertiary/aromatic N) is 1. The molecule has 0 aliphatic carbocycles. The van der Waals surface area contributed by atoms with Crippen molar-refractivity contribution in [2.24, 2.45) is 0 Å². The van der Waals surface area contributed by atoms with E-state index in [0.29, 0.717) is 31.1 Å². The fraction of sp³-hybridized carbons (Fsp3) is 0.500. The highest BCUT2D eigenvalue weighted by molar-refractivity contribution is 8.13. The molecule has 0 radical (unpaired) electrons. The molecule has 2 amide bonds. The maximum Gasteiger partial charge on any atom is 0.281 e. The number of thioether (sulfide) groups is 1. The molecule has 7 heteroatoms. The standard InChI is InChI=1S/C16H21ClN2O3S/c17-13-3-5-14(6-4-13)22-11-2-1-8-18-15(20)7-9-19-10-12-23-16(19)21/h3-6H,1-2,7-12H2,(H,18,20). The summed E-state index contributed by atoms with van der Waals surface area (Å²) in [5, 5.41) is 3.64. The Morgan fingerprint density at radius 1 is 1.30 bits per heavy atom. The number of amides is 2. The van der Waals surface area contributed by atoms with Gasteiger partial charge in [-0.2, -0.15) is 0 Å². The maximum atomic E-state index is 11.7. The molecule has 126 valence electrons. The summed E-state index contributed by atoms with van der Waals surface area (Å²) in [4.78, 5) is 24.8. The van der Waals surface area contributed by atoms with Gasteiger partial charge in [0.05, 0.1) is 6.61 Å². The van der Waals surface area contributed by atoms with Crippen LogP contribution < -0.4 is 10.1 Å². The van der Waals surface area contributed by atoms with Crippen LogP contribution in [-0.4, -0.2) is 48.0 Å². The molecule has 5 nitrogen and oxygen atoms in total. The summed E-state index contributed by atoms with van der Waals surface area (Å²) in [6.45, 7) is 2.50. The largest absolute Gasteiger partial charge is 0.494 e. The summed E-state index contributed by atoms with van der Waals surface area (Å²) < 4.78 is 5.58. The van der Waals surface area contributed by atoms with Crippen LogP contribution in [0.3, 0.4) is 0 Å². The third-order valence-electron chi connectivity index (χ3n) is 3.43. The van der Waals surface area contributed by atoms with E-state index in [0.717, 1.165) is 30.9 Å². The summed E-state index contributed by atoms with van der Waals surface area (Å²) in [5.74, 6) is 1.62. The number of halogens is 1. The molecule has 23 heavy (non-hydrogen) atoms. The van der Waals surface area contributed by atoms with Crippen LogP contribution in [0.25, 0.3) is 0 Å². The summed E-state index contributed by atoms with van der Waals surface area (Å²) in [7, 11) is 0. The SMILES string of the molecule is O=C(CCN1CCSC1=O)NCCCCOc1ccc(Cl)cc1. The van der Waals surface area contributed by atoms with Crippen LogP contribution in [0.4, 0.5) is 4.79 Å². The number of rotatable bonds is 9. The highest BCUT2D eigenvalue weighted by atomic mass is 35.5. The zero-order valence-electron chi connectivity index (χ0n) is 12.9. The predicted molar refractivity (Wildman–Crippen MR) is 93.2 cm³/mol. The van der Waals surface area contributed by atoms with Gasteiger partial charge in [-0.1, -0.05) is 23.4 Å². The minimum absolute atomic E-state index is 0.00619. The number of carbonyl (C=O) groups is 2. The van der Waals surface area contributed by atoms with Gasteiger partial charge in [0, 0.05) is 36.8 Å². The second kappa shape index (κ2) is 9.67. The van der Waals surface area contributed by atoms with Crippen LogP contribution in [0.15, 0.2) is 24.3 Å². The van der Waals surface area contributed by atoms with Gasteiger partial charge in [0.1, 0.15) is 5.75 Å². The minimum atomic E-state index is -0.00619. The molecule has 0 unspecified atom stereocenters. The molecule has 1 aliphatic heterocycles. The topological polar surface area (TPSA) is 58.6 Å². The van der Waals surface area contributed by atoms with E-state index in [9.17, 15) is 9.59 Å². The van der Waals surface area contributed by atoms with Crippen molar-refractivity contribution in [3.8, 4) is 5.75 Å². The highest BCUT2D eigenvalue weighted by Gasteiger charge is 2.21. The molecule has 1 heterocycles. The Balaban J connectivity index is 1.47. The van der Waals surface area contributed by atoms with Crippen LogP contribution in [-0.2, 0) is 4.79 Å². The molecule has 0 spiro atoms. The number of unbranched alkanes of at least 4 members (excludes halogenated alkanes) is 1. The van der Waals surface area contributed by atoms with Crippen molar-refractivity contribution in [1.82, 2.24) is 10.2 Å². The predicted octanol–water partition coefficient (Wildman–Crippen LogP) is 3.17. The Morgan fingerprint density at radius 3 is 2.78 bits per heavy atom.